The Balaban J connectivity index is 2.05. The van der Waals surface area contributed by atoms with Gasteiger partial charge in [-0.1, -0.05) is 18.9 Å². The Bertz CT molecular complexity index is 314. The number of amides is 1. The highest BCUT2D eigenvalue weighted by molar-refractivity contribution is 5.75. The second-order valence-electron chi connectivity index (χ2n) is 4.09. The average Bonchev–Trinajstić information content (AvgIpc) is 2.37. The standard InChI is InChI=1S/C13H21N3O/c14-8-4-2-1-3-7-13(17)16-11-12-6-5-9-15-10-12/h5-6,9-10H,1-4,7-8,11,14H2,(H,16,17). The zero-order chi connectivity index (χ0) is 12.3. The maximum atomic E-state index is 11.5. The van der Waals surface area contributed by atoms with Crippen LogP contribution in [0.5, 0.6) is 0 Å². The van der Waals surface area contributed by atoms with Gasteiger partial charge in [-0.3, -0.25) is 9.78 Å². The minimum Gasteiger partial charge on any atom is -0.352 e. The largest absolute Gasteiger partial charge is 0.352 e. The molecule has 0 spiro atoms. The van der Waals surface area contributed by atoms with E-state index in [9.17, 15) is 4.79 Å². The van der Waals surface area contributed by atoms with Crippen molar-refractivity contribution in [3.8, 4) is 0 Å². The van der Waals surface area contributed by atoms with Gasteiger partial charge in [-0.25, -0.2) is 0 Å². The fraction of sp³-hybridized carbons (Fsp3) is 0.538. The van der Waals surface area contributed by atoms with E-state index in [1.54, 1.807) is 12.4 Å². The van der Waals surface area contributed by atoms with E-state index in [4.69, 9.17) is 5.73 Å². The zero-order valence-corrected chi connectivity index (χ0v) is 10.2. The molecule has 0 aliphatic carbocycles. The lowest BCUT2D eigenvalue weighted by atomic mass is 10.1. The summed E-state index contributed by atoms with van der Waals surface area (Å²) in [6.07, 6.45) is 8.29. The number of hydrogen-bond acceptors (Lipinski definition) is 3. The molecule has 0 atom stereocenters. The normalized spacial score (nSPS) is 10.2. The first kappa shape index (κ1) is 13.6. The summed E-state index contributed by atoms with van der Waals surface area (Å²) in [5, 5.41) is 2.89. The smallest absolute Gasteiger partial charge is 0.220 e. The summed E-state index contributed by atoms with van der Waals surface area (Å²) in [4.78, 5) is 15.5. The maximum absolute atomic E-state index is 11.5. The fourth-order valence-corrected chi connectivity index (χ4v) is 1.58. The van der Waals surface area contributed by atoms with Crippen molar-refractivity contribution in [2.24, 2.45) is 5.73 Å². The third kappa shape index (κ3) is 6.68. The second-order valence-corrected chi connectivity index (χ2v) is 4.09. The topological polar surface area (TPSA) is 68.0 Å². The number of hydrogen-bond donors (Lipinski definition) is 2. The van der Waals surface area contributed by atoms with Crippen LogP contribution in [0.3, 0.4) is 0 Å². The highest BCUT2D eigenvalue weighted by atomic mass is 16.1. The van der Waals surface area contributed by atoms with E-state index in [-0.39, 0.29) is 5.91 Å². The Morgan fingerprint density at radius 2 is 2.12 bits per heavy atom. The number of nitrogens with one attached hydrogen (secondary N) is 1. The molecule has 0 radical (unpaired) electrons. The summed E-state index contributed by atoms with van der Waals surface area (Å²) < 4.78 is 0. The molecule has 4 nitrogen and oxygen atoms in total. The zero-order valence-electron chi connectivity index (χ0n) is 10.2. The van der Waals surface area contributed by atoms with Gasteiger partial charge >= 0.3 is 0 Å². The minimum atomic E-state index is 0.113. The number of carbonyl (C=O) groups is 1. The molecule has 0 saturated carbocycles. The number of carbonyl (C=O) groups excluding carboxylic acids is 1. The van der Waals surface area contributed by atoms with E-state index in [0.29, 0.717) is 13.0 Å². The van der Waals surface area contributed by atoms with Gasteiger partial charge < -0.3 is 11.1 Å². The monoisotopic (exact) mass is 235 g/mol. The van der Waals surface area contributed by atoms with Crippen LogP contribution in [0, 0.1) is 0 Å². The molecule has 0 bridgehead atoms. The lowest BCUT2D eigenvalue weighted by Crippen LogP contribution is -2.22. The van der Waals surface area contributed by atoms with Crippen molar-refractivity contribution in [3.63, 3.8) is 0 Å². The third-order valence-corrected chi connectivity index (χ3v) is 2.57. The Morgan fingerprint density at radius 3 is 2.82 bits per heavy atom. The molecule has 94 valence electrons. The molecule has 0 aliphatic rings. The van der Waals surface area contributed by atoms with Crippen LogP contribution in [-0.4, -0.2) is 17.4 Å². The number of nitrogens with zero attached hydrogens (tertiary/aromatic N) is 1. The molecule has 1 heterocycles. The van der Waals surface area contributed by atoms with Crippen LogP contribution in [0.4, 0.5) is 0 Å². The van der Waals surface area contributed by atoms with Crippen LogP contribution < -0.4 is 11.1 Å². The van der Waals surface area contributed by atoms with Crippen LogP contribution in [-0.2, 0) is 11.3 Å². The van der Waals surface area contributed by atoms with Gasteiger partial charge in [0.05, 0.1) is 0 Å². The molecule has 4 heteroatoms. The van der Waals surface area contributed by atoms with Crippen LogP contribution in [0.1, 0.15) is 37.7 Å². The van der Waals surface area contributed by atoms with Gasteiger partial charge in [0.25, 0.3) is 0 Å². The van der Waals surface area contributed by atoms with Crippen LogP contribution in [0.25, 0.3) is 0 Å². The minimum absolute atomic E-state index is 0.113. The van der Waals surface area contributed by atoms with Crippen molar-refractivity contribution in [2.75, 3.05) is 6.54 Å². The Labute approximate surface area is 103 Å². The molecule has 1 aromatic rings. The van der Waals surface area contributed by atoms with Gasteiger partial charge in [-0.2, -0.15) is 0 Å². The van der Waals surface area contributed by atoms with Gasteiger partial charge in [0.1, 0.15) is 0 Å². The quantitative estimate of drug-likeness (QED) is 0.673. The molecule has 0 unspecified atom stereocenters. The Hall–Kier alpha value is -1.42. The molecular weight excluding hydrogens is 214 g/mol. The summed E-state index contributed by atoms with van der Waals surface area (Å²) in [5.74, 6) is 0.113. The number of nitrogens with two attached hydrogens (primary N) is 1. The van der Waals surface area contributed by atoms with Crippen LogP contribution in [0.15, 0.2) is 24.5 Å². The molecule has 0 fully saturated rings. The van der Waals surface area contributed by atoms with Gasteiger partial charge in [-0.15, -0.1) is 0 Å². The van der Waals surface area contributed by atoms with E-state index in [0.717, 1.165) is 37.8 Å². The van der Waals surface area contributed by atoms with Gasteiger partial charge in [0.15, 0.2) is 0 Å². The van der Waals surface area contributed by atoms with Crippen molar-refractivity contribution in [2.45, 2.75) is 38.6 Å². The Kier molecular flexibility index (Phi) is 6.98. The third-order valence-electron chi connectivity index (χ3n) is 2.57. The average molecular weight is 235 g/mol. The van der Waals surface area contributed by atoms with Crippen molar-refractivity contribution < 1.29 is 4.79 Å². The highest BCUT2D eigenvalue weighted by Crippen LogP contribution is 2.02. The number of rotatable bonds is 8. The highest BCUT2D eigenvalue weighted by Gasteiger charge is 2.00. The molecule has 1 aromatic heterocycles. The molecule has 0 aromatic carbocycles. The van der Waals surface area contributed by atoms with Gasteiger partial charge in [0, 0.05) is 25.4 Å². The molecule has 17 heavy (non-hydrogen) atoms. The first-order valence-electron chi connectivity index (χ1n) is 6.18. The fourth-order valence-electron chi connectivity index (χ4n) is 1.58. The van der Waals surface area contributed by atoms with Crippen LogP contribution >= 0.6 is 0 Å². The van der Waals surface area contributed by atoms with E-state index in [1.165, 1.54) is 0 Å². The predicted molar refractivity (Wildman–Crippen MR) is 68.2 cm³/mol. The lowest BCUT2D eigenvalue weighted by molar-refractivity contribution is -0.121. The van der Waals surface area contributed by atoms with Gasteiger partial charge in [0.2, 0.25) is 5.91 Å². The predicted octanol–water partition coefficient (Wildman–Crippen LogP) is 1.61. The van der Waals surface area contributed by atoms with Gasteiger partial charge in [-0.05, 0) is 31.0 Å². The summed E-state index contributed by atoms with van der Waals surface area (Å²) in [6.45, 7) is 1.31. The summed E-state index contributed by atoms with van der Waals surface area (Å²) in [6, 6.07) is 3.82. The van der Waals surface area contributed by atoms with Crippen molar-refractivity contribution in [1.29, 1.82) is 0 Å². The van der Waals surface area contributed by atoms with Crippen molar-refractivity contribution in [1.82, 2.24) is 10.3 Å². The van der Waals surface area contributed by atoms with E-state index >= 15 is 0 Å². The molecule has 1 amide bonds. The van der Waals surface area contributed by atoms with Crippen molar-refractivity contribution in [3.05, 3.63) is 30.1 Å². The second kappa shape index (κ2) is 8.70. The number of pyridine rings is 1. The number of unbranched alkanes of at least 4 members (excludes halogenated alkanes) is 3. The van der Waals surface area contributed by atoms with E-state index in [1.807, 2.05) is 12.1 Å². The summed E-state index contributed by atoms with van der Waals surface area (Å²) in [5.41, 5.74) is 6.43. The van der Waals surface area contributed by atoms with E-state index < -0.39 is 0 Å². The summed E-state index contributed by atoms with van der Waals surface area (Å²) >= 11 is 0. The van der Waals surface area contributed by atoms with Crippen molar-refractivity contribution >= 4 is 5.91 Å². The molecule has 0 saturated heterocycles. The molecule has 1 rings (SSSR count). The summed E-state index contributed by atoms with van der Waals surface area (Å²) in [7, 11) is 0. The number of aromatic nitrogens is 1. The van der Waals surface area contributed by atoms with E-state index in [2.05, 4.69) is 10.3 Å². The molecule has 0 aliphatic heterocycles. The van der Waals surface area contributed by atoms with Crippen LogP contribution in [0.2, 0.25) is 0 Å². The first-order valence-corrected chi connectivity index (χ1v) is 6.18. The SMILES string of the molecule is NCCCCCCC(=O)NCc1cccnc1. The first-order chi connectivity index (χ1) is 8.33. The Morgan fingerprint density at radius 1 is 1.29 bits per heavy atom. The maximum Gasteiger partial charge on any atom is 0.220 e. The molecule has 3 N–H and O–H groups in total. The molecular formula is C13H21N3O. The lowest BCUT2D eigenvalue weighted by Gasteiger charge is -2.04.